The molecule has 1 saturated heterocycles. The number of aromatic nitrogens is 2. The van der Waals surface area contributed by atoms with Gasteiger partial charge in [-0.3, -0.25) is 4.90 Å². The molecule has 5 heteroatoms. The molecule has 1 atom stereocenters. The number of hydrogen-bond acceptors (Lipinski definition) is 5. The molecule has 2 aromatic rings. The highest BCUT2D eigenvalue weighted by Gasteiger charge is 2.23. The molecule has 0 aliphatic carbocycles. The van der Waals surface area contributed by atoms with Crippen LogP contribution in [0.5, 0.6) is 0 Å². The van der Waals surface area contributed by atoms with Crippen LogP contribution in [0.4, 0.5) is 6.01 Å². The molecule has 0 spiro atoms. The van der Waals surface area contributed by atoms with E-state index in [1.165, 1.54) is 5.56 Å². The summed E-state index contributed by atoms with van der Waals surface area (Å²) in [6.45, 7) is 4.93. The lowest BCUT2D eigenvalue weighted by atomic mass is 10.2. The summed E-state index contributed by atoms with van der Waals surface area (Å²) in [5.41, 5.74) is 1.36. The molecule has 0 bridgehead atoms. The van der Waals surface area contributed by atoms with Gasteiger partial charge in [-0.2, -0.15) is 4.98 Å². The lowest BCUT2D eigenvalue weighted by Gasteiger charge is -2.16. The lowest BCUT2D eigenvalue weighted by Crippen LogP contribution is -2.26. The fourth-order valence-electron chi connectivity index (χ4n) is 2.47. The number of nitrogens with one attached hydrogen (secondary N) is 1. The highest BCUT2D eigenvalue weighted by atomic mass is 16.5. The van der Waals surface area contributed by atoms with Crippen molar-refractivity contribution in [2.75, 3.05) is 18.4 Å². The topological polar surface area (TPSA) is 54.2 Å². The van der Waals surface area contributed by atoms with Crippen molar-refractivity contribution in [2.45, 2.75) is 25.9 Å². The molecule has 0 amide bonds. The molecule has 5 nitrogen and oxygen atoms in total. The number of aryl methyl sites for hydroxylation is 1. The van der Waals surface area contributed by atoms with Gasteiger partial charge in [0.1, 0.15) is 0 Å². The quantitative estimate of drug-likeness (QED) is 0.909. The maximum atomic E-state index is 5.09. The summed E-state index contributed by atoms with van der Waals surface area (Å²) in [4.78, 5) is 6.62. The van der Waals surface area contributed by atoms with Gasteiger partial charge in [-0.25, -0.2) is 0 Å². The lowest BCUT2D eigenvalue weighted by molar-refractivity contribution is 0.327. The Morgan fingerprint density at radius 2 is 2.21 bits per heavy atom. The van der Waals surface area contributed by atoms with Crippen molar-refractivity contribution in [2.24, 2.45) is 0 Å². The maximum Gasteiger partial charge on any atom is 0.321 e. The van der Waals surface area contributed by atoms with Crippen molar-refractivity contribution in [1.82, 2.24) is 15.0 Å². The second-order valence-corrected chi connectivity index (χ2v) is 5.00. The van der Waals surface area contributed by atoms with Gasteiger partial charge in [0.05, 0.1) is 0 Å². The first kappa shape index (κ1) is 12.2. The van der Waals surface area contributed by atoms with E-state index < -0.39 is 0 Å². The van der Waals surface area contributed by atoms with E-state index in [1.54, 1.807) is 0 Å². The standard InChI is InChI=1S/C14H18N4O/c1-11-15-14(19-17-11)16-13-7-8-18(10-13)9-12-5-3-2-4-6-12/h2-6,13H,7-10H2,1H3,(H,15,16,17). The molecular weight excluding hydrogens is 240 g/mol. The minimum absolute atomic E-state index is 0.392. The van der Waals surface area contributed by atoms with E-state index in [9.17, 15) is 0 Å². The maximum absolute atomic E-state index is 5.09. The molecule has 100 valence electrons. The van der Waals surface area contributed by atoms with E-state index in [-0.39, 0.29) is 0 Å². The molecule has 1 fully saturated rings. The third-order valence-electron chi connectivity index (χ3n) is 3.38. The second kappa shape index (κ2) is 5.40. The zero-order valence-electron chi connectivity index (χ0n) is 11.0. The Morgan fingerprint density at radius 3 is 2.95 bits per heavy atom. The van der Waals surface area contributed by atoms with Crippen LogP contribution in [-0.2, 0) is 6.54 Å². The van der Waals surface area contributed by atoms with Crippen LogP contribution in [0.3, 0.4) is 0 Å². The monoisotopic (exact) mass is 258 g/mol. The first-order valence-electron chi connectivity index (χ1n) is 6.63. The van der Waals surface area contributed by atoms with Crippen LogP contribution in [-0.4, -0.2) is 34.2 Å². The van der Waals surface area contributed by atoms with Crippen molar-refractivity contribution in [3.8, 4) is 0 Å². The van der Waals surface area contributed by atoms with Crippen molar-refractivity contribution in [3.63, 3.8) is 0 Å². The van der Waals surface area contributed by atoms with E-state index >= 15 is 0 Å². The van der Waals surface area contributed by atoms with Crippen LogP contribution in [0.25, 0.3) is 0 Å². The summed E-state index contributed by atoms with van der Waals surface area (Å²) in [5, 5.41) is 7.08. The Hall–Kier alpha value is -1.88. The Labute approximate surface area is 112 Å². The van der Waals surface area contributed by atoms with Crippen LogP contribution in [0.2, 0.25) is 0 Å². The van der Waals surface area contributed by atoms with Gasteiger partial charge in [-0.05, 0) is 18.9 Å². The van der Waals surface area contributed by atoms with Gasteiger partial charge in [0, 0.05) is 25.7 Å². The van der Waals surface area contributed by atoms with Gasteiger partial charge >= 0.3 is 6.01 Å². The third kappa shape index (κ3) is 3.12. The molecule has 0 saturated carbocycles. The number of nitrogens with zero attached hydrogens (tertiary/aromatic N) is 3. The first-order valence-corrected chi connectivity index (χ1v) is 6.63. The highest BCUT2D eigenvalue weighted by molar-refractivity contribution is 5.22. The predicted octanol–water partition coefficient (Wildman–Crippen LogP) is 2.06. The molecule has 3 rings (SSSR count). The molecule has 1 aromatic heterocycles. The molecule has 1 aromatic carbocycles. The SMILES string of the molecule is Cc1noc(NC2CCN(Cc3ccccc3)C2)n1. The minimum atomic E-state index is 0.392. The smallest absolute Gasteiger partial charge is 0.321 e. The number of likely N-dealkylation sites (tertiary alicyclic amines) is 1. The van der Waals surface area contributed by atoms with Crippen LogP contribution in [0, 0.1) is 6.92 Å². The molecule has 1 aliphatic heterocycles. The van der Waals surface area contributed by atoms with Gasteiger partial charge in [-0.15, -0.1) is 0 Å². The molecule has 1 unspecified atom stereocenters. The molecule has 0 radical (unpaired) electrons. The fourth-order valence-corrected chi connectivity index (χ4v) is 2.47. The molecule has 19 heavy (non-hydrogen) atoms. The average Bonchev–Trinajstić information content (AvgIpc) is 3.01. The van der Waals surface area contributed by atoms with Crippen LogP contribution in [0.1, 0.15) is 17.8 Å². The van der Waals surface area contributed by atoms with E-state index in [1.807, 2.05) is 6.92 Å². The Balaban J connectivity index is 1.53. The fraction of sp³-hybridized carbons (Fsp3) is 0.429. The zero-order valence-corrected chi connectivity index (χ0v) is 11.0. The predicted molar refractivity (Wildman–Crippen MR) is 72.8 cm³/mol. The highest BCUT2D eigenvalue weighted by Crippen LogP contribution is 2.16. The van der Waals surface area contributed by atoms with Crippen LogP contribution >= 0.6 is 0 Å². The summed E-state index contributed by atoms with van der Waals surface area (Å²) >= 11 is 0. The van der Waals surface area contributed by atoms with Crippen LogP contribution in [0.15, 0.2) is 34.9 Å². The summed E-state index contributed by atoms with van der Waals surface area (Å²) in [6.07, 6.45) is 1.11. The summed E-state index contributed by atoms with van der Waals surface area (Å²) < 4.78 is 5.09. The number of benzene rings is 1. The normalized spacial score (nSPS) is 19.7. The number of hydrogen-bond donors (Lipinski definition) is 1. The average molecular weight is 258 g/mol. The molecule has 1 N–H and O–H groups in total. The molecule has 2 heterocycles. The zero-order chi connectivity index (χ0) is 13.1. The minimum Gasteiger partial charge on any atom is -0.334 e. The van der Waals surface area contributed by atoms with Crippen molar-refractivity contribution >= 4 is 6.01 Å². The van der Waals surface area contributed by atoms with Crippen molar-refractivity contribution < 1.29 is 4.52 Å². The van der Waals surface area contributed by atoms with Gasteiger partial charge in [0.2, 0.25) is 0 Å². The number of anilines is 1. The van der Waals surface area contributed by atoms with E-state index in [0.29, 0.717) is 17.9 Å². The van der Waals surface area contributed by atoms with E-state index in [2.05, 4.69) is 50.7 Å². The van der Waals surface area contributed by atoms with Crippen LogP contribution < -0.4 is 5.32 Å². The Morgan fingerprint density at radius 1 is 1.37 bits per heavy atom. The van der Waals surface area contributed by atoms with Crippen molar-refractivity contribution in [1.29, 1.82) is 0 Å². The summed E-state index contributed by atoms with van der Waals surface area (Å²) in [6, 6.07) is 11.5. The summed E-state index contributed by atoms with van der Waals surface area (Å²) in [5.74, 6) is 0.668. The summed E-state index contributed by atoms with van der Waals surface area (Å²) in [7, 11) is 0. The Kier molecular flexibility index (Phi) is 3.46. The second-order valence-electron chi connectivity index (χ2n) is 5.00. The van der Waals surface area contributed by atoms with Gasteiger partial charge in [-0.1, -0.05) is 35.5 Å². The van der Waals surface area contributed by atoms with Gasteiger partial charge in [0.25, 0.3) is 0 Å². The van der Waals surface area contributed by atoms with Gasteiger partial charge < -0.3 is 9.84 Å². The number of rotatable bonds is 4. The third-order valence-corrected chi connectivity index (χ3v) is 3.38. The van der Waals surface area contributed by atoms with Gasteiger partial charge in [0.15, 0.2) is 5.82 Å². The molecule has 1 aliphatic rings. The molecular formula is C14H18N4O. The van der Waals surface area contributed by atoms with E-state index in [4.69, 9.17) is 4.52 Å². The van der Waals surface area contributed by atoms with Crippen molar-refractivity contribution in [3.05, 3.63) is 41.7 Å². The Bertz CT molecular complexity index is 525. The largest absolute Gasteiger partial charge is 0.334 e. The van der Waals surface area contributed by atoms with E-state index in [0.717, 1.165) is 26.1 Å². The first-order chi connectivity index (χ1) is 9.29.